The highest BCUT2D eigenvalue weighted by Crippen LogP contribution is 2.67. The van der Waals surface area contributed by atoms with Crippen LogP contribution in [0.2, 0.25) is 0 Å². The molecule has 7 rings (SSSR count). The molecule has 3 saturated carbocycles. The molecule has 3 aromatic rings. The predicted octanol–water partition coefficient (Wildman–Crippen LogP) is 4.77. The smallest absolute Gasteiger partial charge is 0.336 e. The van der Waals surface area contributed by atoms with Gasteiger partial charge in [0, 0.05) is 17.5 Å². The second-order valence-corrected chi connectivity index (χ2v) is 13.7. The molecule has 1 aromatic heterocycles. The van der Waals surface area contributed by atoms with E-state index < -0.39 is 23.1 Å². The van der Waals surface area contributed by atoms with Gasteiger partial charge in [-0.25, -0.2) is 9.48 Å². The number of benzene rings is 2. The number of carbonyl (C=O) groups is 2. The molecule has 4 aliphatic rings. The van der Waals surface area contributed by atoms with Crippen LogP contribution in [-0.2, 0) is 17.8 Å². The molecule has 4 aliphatic carbocycles. The minimum Gasteiger partial charge on any atom is -0.479 e. The standard InChI is InChI=1S/C35H39N3O5/c1-33-17-23-20-37-38(25-10-6-9-22(15-25)31(40)36-19-21-7-4-3-5-8-21)28(23)16-24(33)11-12-26-27-13-14-35(43,32(41)42)34(27,2)18-29(39)30(26)33/h3-10,15-16,20,26-27,29-30,39,43H,11-14,17-19H2,1-2H3,(H,36,40)(H,41,42)/t26?,27?,29-,30?,33-,34-,35-/m0/s1. The molecule has 0 spiro atoms. The third-order valence-corrected chi connectivity index (χ3v) is 11.6. The lowest BCUT2D eigenvalue weighted by atomic mass is 9.45. The lowest BCUT2D eigenvalue weighted by Gasteiger charge is -2.60. The summed E-state index contributed by atoms with van der Waals surface area (Å²) in [5.74, 6) is -1.13. The van der Waals surface area contributed by atoms with E-state index >= 15 is 0 Å². The van der Waals surface area contributed by atoms with Crippen molar-refractivity contribution in [2.75, 3.05) is 0 Å². The molecule has 8 nitrogen and oxygen atoms in total. The second-order valence-electron chi connectivity index (χ2n) is 13.7. The third kappa shape index (κ3) is 4.14. The van der Waals surface area contributed by atoms with E-state index in [4.69, 9.17) is 5.10 Å². The SMILES string of the molecule is C[C@]12Cc3cnn(-c4cccc(C(=O)NCc5ccccc5)c4)c3C=C1CCC1C2[C@@H](O)C[C@@]2(C)C1CC[C@]2(O)C(=O)O. The predicted molar refractivity (Wildman–Crippen MR) is 161 cm³/mol. The fourth-order valence-electron chi connectivity index (χ4n) is 9.41. The van der Waals surface area contributed by atoms with E-state index in [9.17, 15) is 24.9 Å². The number of fused-ring (bicyclic) bond motifs is 6. The number of carbonyl (C=O) groups excluding carboxylic acids is 1. The summed E-state index contributed by atoms with van der Waals surface area (Å²) in [5, 5.41) is 40.6. The zero-order valence-electron chi connectivity index (χ0n) is 24.7. The Morgan fingerprint density at radius 1 is 1.09 bits per heavy atom. The molecule has 8 heteroatoms. The average molecular weight is 582 g/mol. The summed E-state index contributed by atoms with van der Waals surface area (Å²) in [5.41, 5.74) is 2.88. The fraction of sp³-hybridized carbons (Fsp3) is 0.457. The number of aromatic nitrogens is 2. The molecule has 3 unspecified atom stereocenters. The summed E-state index contributed by atoms with van der Waals surface area (Å²) in [6.07, 6.45) is 7.07. The van der Waals surface area contributed by atoms with Gasteiger partial charge in [0.25, 0.3) is 5.91 Å². The van der Waals surface area contributed by atoms with Crippen molar-refractivity contribution in [1.29, 1.82) is 0 Å². The number of hydrogen-bond acceptors (Lipinski definition) is 5. The van der Waals surface area contributed by atoms with Gasteiger partial charge in [-0.3, -0.25) is 4.79 Å². The molecule has 1 heterocycles. The summed E-state index contributed by atoms with van der Waals surface area (Å²) in [6, 6.07) is 17.3. The Bertz CT molecular complexity index is 1630. The molecule has 0 saturated heterocycles. The Kier molecular flexibility index (Phi) is 6.45. The van der Waals surface area contributed by atoms with Gasteiger partial charge in [0.1, 0.15) is 0 Å². The molecular weight excluding hydrogens is 542 g/mol. The molecule has 43 heavy (non-hydrogen) atoms. The third-order valence-electron chi connectivity index (χ3n) is 11.6. The second kappa shape index (κ2) is 9.89. The van der Waals surface area contributed by atoms with E-state index in [0.717, 1.165) is 41.8 Å². The van der Waals surface area contributed by atoms with Crippen molar-refractivity contribution in [1.82, 2.24) is 15.1 Å². The van der Waals surface area contributed by atoms with Gasteiger partial charge in [-0.15, -0.1) is 0 Å². The molecular formula is C35H39N3O5. The van der Waals surface area contributed by atoms with Crippen molar-refractivity contribution in [3.63, 3.8) is 0 Å². The molecule has 3 fully saturated rings. The van der Waals surface area contributed by atoms with Crippen LogP contribution in [0, 0.1) is 28.6 Å². The molecule has 7 atom stereocenters. The van der Waals surface area contributed by atoms with Crippen molar-refractivity contribution in [2.45, 2.75) is 70.6 Å². The number of aliphatic hydroxyl groups excluding tert-OH is 1. The van der Waals surface area contributed by atoms with Gasteiger partial charge in [0.2, 0.25) is 0 Å². The van der Waals surface area contributed by atoms with Crippen molar-refractivity contribution >= 4 is 18.0 Å². The highest BCUT2D eigenvalue weighted by Gasteiger charge is 2.68. The lowest BCUT2D eigenvalue weighted by Crippen LogP contribution is -2.61. The number of rotatable bonds is 5. The largest absolute Gasteiger partial charge is 0.479 e. The van der Waals surface area contributed by atoms with E-state index in [0.29, 0.717) is 18.5 Å². The van der Waals surface area contributed by atoms with E-state index in [2.05, 4.69) is 18.3 Å². The van der Waals surface area contributed by atoms with Gasteiger partial charge in [-0.1, -0.05) is 55.8 Å². The van der Waals surface area contributed by atoms with Crippen LogP contribution >= 0.6 is 0 Å². The highest BCUT2D eigenvalue weighted by molar-refractivity contribution is 5.94. The summed E-state index contributed by atoms with van der Waals surface area (Å²) in [7, 11) is 0. The van der Waals surface area contributed by atoms with E-state index in [1.54, 1.807) is 0 Å². The van der Waals surface area contributed by atoms with Crippen molar-refractivity contribution in [2.24, 2.45) is 28.6 Å². The van der Waals surface area contributed by atoms with E-state index in [-0.39, 0.29) is 41.9 Å². The molecule has 224 valence electrons. The number of nitrogens with one attached hydrogen (secondary N) is 1. The normalized spacial score (nSPS) is 34.3. The first-order valence-corrected chi connectivity index (χ1v) is 15.4. The first-order valence-electron chi connectivity index (χ1n) is 15.4. The van der Waals surface area contributed by atoms with Gasteiger partial charge in [0.15, 0.2) is 5.60 Å². The maximum absolute atomic E-state index is 13.0. The van der Waals surface area contributed by atoms with Crippen molar-refractivity contribution < 1.29 is 24.9 Å². The Hall–Kier alpha value is -3.75. The number of amides is 1. The van der Waals surface area contributed by atoms with Gasteiger partial charge >= 0.3 is 5.97 Å². The Labute approximate surface area is 251 Å². The summed E-state index contributed by atoms with van der Waals surface area (Å²) in [4.78, 5) is 25.2. The van der Waals surface area contributed by atoms with E-state index in [1.165, 1.54) is 5.57 Å². The van der Waals surface area contributed by atoms with Gasteiger partial charge < -0.3 is 20.6 Å². The quantitative estimate of drug-likeness (QED) is 0.344. The van der Waals surface area contributed by atoms with Crippen LogP contribution in [0.25, 0.3) is 11.8 Å². The number of nitrogens with zero attached hydrogens (tertiary/aromatic N) is 2. The number of allylic oxidation sites excluding steroid dienone is 1. The summed E-state index contributed by atoms with van der Waals surface area (Å²) in [6.45, 7) is 4.58. The maximum atomic E-state index is 13.0. The molecule has 4 N–H and O–H groups in total. The number of aliphatic carboxylic acids is 1. The highest BCUT2D eigenvalue weighted by atomic mass is 16.4. The van der Waals surface area contributed by atoms with Gasteiger partial charge in [-0.2, -0.15) is 5.10 Å². The minimum atomic E-state index is -1.80. The van der Waals surface area contributed by atoms with Crippen molar-refractivity contribution in [3.8, 4) is 5.69 Å². The van der Waals surface area contributed by atoms with Crippen LogP contribution in [0.4, 0.5) is 0 Å². The average Bonchev–Trinajstić information content (AvgIpc) is 3.52. The van der Waals surface area contributed by atoms with Crippen LogP contribution in [-0.4, -0.2) is 48.7 Å². The maximum Gasteiger partial charge on any atom is 0.336 e. The molecule has 1 amide bonds. The molecule has 0 aliphatic heterocycles. The minimum absolute atomic E-state index is 0.0186. The number of aliphatic hydroxyl groups is 2. The monoisotopic (exact) mass is 581 g/mol. The Morgan fingerprint density at radius 2 is 1.88 bits per heavy atom. The van der Waals surface area contributed by atoms with Crippen LogP contribution < -0.4 is 5.32 Å². The zero-order valence-corrected chi connectivity index (χ0v) is 24.7. The molecule has 2 aromatic carbocycles. The summed E-state index contributed by atoms with van der Waals surface area (Å²) < 4.78 is 1.90. The zero-order chi connectivity index (χ0) is 30.1. The summed E-state index contributed by atoms with van der Waals surface area (Å²) >= 11 is 0. The van der Waals surface area contributed by atoms with Crippen LogP contribution in [0.15, 0.2) is 66.4 Å². The lowest BCUT2D eigenvalue weighted by molar-refractivity contribution is -0.193. The Morgan fingerprint density at radius 3 is 2.65 bits per heavy atom. The van der Waals surface area contributed by atoms with Gasteiger partial charge in [0.05, 0.1) is 23.7 Å². The van der Waals surface area contributed by atoms with Crippen LogP contribution in [0.5, 0.6) is 0 Å². The first-order chi connectivity index (χ1) is 20.5. The number of hydrogen-bond donors (Lipinski definition) is 4. The topological polar surface area (TPSA) is 125 Å². The van der Waals surface area contributed by atoms with E-state index in [1.807, 2.05) is 72.4 Å². The fourth-order valence-corrected chi connectivity index (χ4v) is 9.41. The van der Waals surface area contributed by atoms with Crippen LogP contribution in [0.3, 0.4) is 0 Å². The first kappa shape index (κ1) is 28.0. The van der Waals surface area contributed by atoms with Crippen molar-refractivity contribution in [3.05, 3.63) is 88.8 Å². The van der Waals surface area contributed by atoms with Gasteiger partial charge in [-0.05, 0) is 97.1 Å². The molecule has 0 bridgehead atoms. The van der Waals surface area contributed by atoms with Crippen LogP contribution in [0.1, 0.15) is 73.1 Å². The number of carboxylic acids is 1. The Balaban J connectivity index is 1.16. The molecule has 0 radical (unpaired) electrons. The number of carboxylic acid groups (broad SMARTS) is 1.